The van der Waals surface area contributed by atoms with Crippen molar-refractivity contribution < 1.29 is 14.3 Å². The van der Waals surface area contributed by atoms with E-state index in [-0.39, 0.29) is 5.91 Å². The molecule has 2 aromatic carbocycles. The molecule has 4 nitrogen and oxygen atoms in total. The third-order valence-electron chi connectivity index (χ3n) is 3.45. The first kappa shape index (κ1) is 16.7. The molecule has 0 aliphatic rings. The Kier molecular flexibility index (Phi) is 5.52. The Morgan fingerprint density at radius 1 is 1.13 bits per heavy atom. The molecule has 1 unspecified atom stereocenters. The van der Waals surface area contributed by atoms with Crippen LogP contribution in [0.3, 0.4) is 0 Å². The van der Waals surface area contributed by atoms with E-state index in [9.17, 15) is 9.59 Å². The molecule has 0 saturated heterocycles. The van der Waals surface area contributed by atoms with Crippen LogP contribution in [0.15, 0.2) is 42.5 Å². The molecule has 0 aromatic heterocycles. The smallest absolute Gasteiger partial charge is 0.265 e. The van der Waals surface area contributed by atoms with E-state index in [1.807, 2.05) is 32.9 Å². The van der Waals surface area contributed by atoms with Gasteiger partial charge in [-0.15, -0.1) is 0 Å². The number of aldehydes is 1. The first-order chi connectivity index (χ1) is 11.0. The molecule has 120 valence electrons. The van der Waals surface area contributed by atoms with Crippen molar-refractivity contribution in [3.8, 4) is 5.75 Å². The Morgan fingerprint density at radius 3 is 2.26 bits per heavy atom. The SMILES string of the molecule is CCC(Oc1ccc(C=O)cc1)C(=O)Nc1cc(C)cc(C)c1. The first-order valence-corrected chi connectivity index (χ1v) is 7.63. The lowest BCUT2D eigenvalue weighted by Crippen LogP contribution is -2.32. The van der Waals surface area contributed by atoms with Gasteiger partial charge in [0.15, 0.2) is 6.10 Å². The number of hydrogen-bond acceptors (Lipinski definition) is 3. The highest BCUT2D eigenvalue weighted by atomic mass is 16.5. The predicted octanol–water partition coefficient (Wildman–Crippen LogP) is 3.91. The predicted molar refractivity (Wildman–Crippen MR) is 91.1 cm³/mol. The summed E-state index contributed by atoms with van der Waals surface area (Å²) in [5.74, 6) is 0.384. The molecule has 1 N–H and O–H groups in total. The zero-order valence-electron chi connectivity index (χ0n) is 13.6. The highest BCUT2D eigenvalue weighted by molar-refractivity contribution is 5.94. The Balaban J connectivity index is 2.06. The normalized spacial score (nSPS) is 11.6. The monoisotopic (exact) mass is 311 g/mol. The van der Waals surface area contributed by atoms with Crippen LogP contribution in [0.1, 0.15) is 34.8 Å². The van der Waals surface area contributed by atoms with E-state index in [0.717, 1.165) is 23.1 Å². The van der Waals surface area contributed by atoms with Gasteiger partial charge >= 0.3 is 0 Å². The first-order valence-electron chi connectivity index (χ1n) is 7.63. The highest BCUT2D eigenvalue weighted by Gasteiger charge is 2.18. The number of carbonyl (C=O) groups is 2. The minimum absolute atomic E-state index is 0.183. The van der Waals surface area contributed by atoms with E-state index in [1.165, 1.54) is 0 Å². The summed E-state index contributed by atoms with van der Waals surface area (Å²) in [6.07, 6.45) is 0.734. The Bertz CT molecular complexity index is 672. The van der Waals surface area contributed by atoms with Crippen molar-refractivity contribution in [1.82, 2.24) is 0 Å². The fourth-order valence-corrected chi connectivity index (χ4v) is 2.38. The van der Waals surface area contributed by atoms with Crippen LogP contribution in [0.4, 0.5) is 5.69 Å². The van der Waals surface area contributed by atoms with Gasteiger partial charge in [-0.2, -0.15) is 0 Å². The second-order valence-corrected chi connectivity index (χ2v) is 5.57. The van der Waals surface area contributed by atoms with Crippen LogP contribution in [0.2, 0.25) is 0 Å². The van der Waals surface area contributed by atoms with Crippen LogP contribution in [0, 0.1) is 13.8 Å². The van der Waals surface area contributed by atoms with Gasteiger partial charge in [0.25, 0.3) is 5.91 Å². The molecular weight excluding hydrogens is 290 g/mol. The molecule has 0 saturated carbocycles. The number of anilines is 1. The molecule has 2 aromatic rings. The Hall–Kier alpha value is -2.62. The average molecular weight is 311 g/mol. The molecule has 1 atom stereocenters. The molecule has 2 rings (SSSR count). The van der Waals surface area contributed by atoms with Crippen molar-refractivity contribution in [2.45, 2.75) is 33.3 Å². The fourth-order valence-electron chi connectivity index (χ4n) is 2.38. The molecule has 23 heavy (non-hydrogen) atoms. The minimum Gasteiger partial charge on any atom is -0.481 e. The topological polar surface area (TPSA) is 55.4 Å². The minimum atomic E-state index is -0.585. The summed E-state index contributed by atoms with van der Waals surface area (Å²) in [4.78, 5) is 23.1. The second kappa shape index (κ2) is 7.58. The zero-order valence-corrected chi connectivity index (χ0v) is 13.6. The lowest BCUT2D eigenvalue weighted by Gasteiger charge is -2.18. The Morgan fingerprint density at radius 2 is 1.74 bits per heavy atom. The third kappa shape index (κ3) is 4.68. The number of aryl methyl sites for hydroxylation is 2. The van der Waals surface area contributed by atoms with Gasteiger partial charge in [0.1, 0.15) is 12.0 Å². The van der Waals surface area contributed by atoms with Gasteiger partial charge in [0, 0.05) is 11.3 Å². The molecule has 4 heteroatoms. The fraction of sp³-hybridized carbons (Fsp3) is 0.263. The lowest BCUT2D eigenvalue weighted by molar-refractivity contribution is -0.122. The van der Waals surface area contributed by atoms with Gasteiger partial charge in [-0.3, -0.25) is 9.59 Å². The van der Waals surface area contributed by atoms with Crippen LogP contribution < -0.4 is 10.1 Å². The standard InChI is InChI=1S/C19H21NO3/c1-4-18(23-17-7-5-15(12-21)6-8-17)19(22)20-16-10-13(2)9-14(3)11-16/h5-12,18H,4H2,1-3H3,(H,20,22). The second-order valence-electron chi connectivity index (χ2n) is 5.57. The largest absolute Gasteiger partial charge is 0.481 e. The summed E-state index contributed by atoms with van der Waals surface area (Å²) in [7, 11) is 0. The maximum atomic E-state index is 12.4. The number of rotatable bonds is 6. The van der Waals surface area contributed by atoms with Crippen molar-refractivity contribution in [3.63, 3.8) is 0 Å². The van der Waals surface area contributed by atoms with Crippen LogP contribution in [-0.2, 0) is 4.79 Å². The maximum absolute atomic E-state index is 12.4. The summed E-state index contributed by atoms with van der Waals surface area (Å²) in [5.41, 5.74) is 3.54. The van der Waals surface area contributed by atoms with Gasteiger partial charge in [0.05, 0.1) is 0 Å². The Labute approximate surface area is 136 Å². The van der Waals surface area contributed by atoms with Crippen LogP contribution in [0.5, 0.6) is 5.75 Å². The quantitative estimate of drug-likeness (QED) is 0.823. The molecule has 0 spiro atoms. The van der Waals surface area contributed by atoms with Crippen molar-refractivity contribution >= 4 is 17.9 Å². The molecule has 0 fully saturated rings. The summed E-state index contributed by atoms with van der Waals surface area (Å²) < 4.78 is 5.73. The number of carbonyl (C=O) groups excluding carboxylic acids is 2. The summed E-state index contributed by atoms with van der Waals surface area (Å²) in [5, 5.41) is 2.90. The van der Waals surface area contributed by atoms with Gasteiger partial charge in [0.2, 0.25) is 0 Å². The number of nitrogens with one attached hydrogen (secondary N) is 1. The summed E-state index contributed by atoms with van der Waals surface area (Å²) in [6, 6.07) is 12.6. The average Bonchev–Trinajstić information content (AvgIpc) is 2.52. The van der Waals surface area contributed by atoms with E-state index >= 15 is 0 Å². The van der Waals surface area contributed by atoms with Crippen molar-refractivity contribution in [2.75, 3.05) is 5.32 Å². The van der Waals surface area contributed by atoms with Crippen LogP contribution in [0.25, 0.3) is 0 Å². The molecule has 0 radical (unpaired) electrons. The maximum Gasteiger partial charge on any atom is 0.265 e. The van der Waals surface area contributed by atoms with Crippen molar-refractivity contribution in [1.29, 1.82) is 0 Å². The molecule has 0 aliphatic carbocycles. The van der Waals surface area contributed by atoms with E-state index in [4.69, 9.17) is 4.74 Å². The molecule has 0 heterocycles. The van der Waals surface area contributed by atoms with Crippen LogP contribution >= 0.6 is 0 Å². The molecular formula is C19H21NO3. The number of benzene rings is 2. The van der Waals surface area contributed by atoms with Gasteiger partial charge in [-0.1, -0.05) is 13.0 Å². The number of ether oxygens (including phenoxy) is 1. The lowest BCUT2D eigenvalue weighted by atomic mass is 10.1. The van der Waals surface area contributed by atoms with E-state index < -0.39 is 6.10 Å². The van der Waals surface area contributed by atoms with Gasteiger partial charge in [-0.05, 0) is 67.8 Å². The zero-order chi connectivity index (χ0) is 16.8. The van der Waals surface area contributed by atoms with Crippen molar-refractivity contribution in [3.05, 3.63) is 59.2 Å². The summed E-state index contributed by atoms with van der Waals surface area (Å²) in [6.45, 7) is 5.88. The van der Waals surface area contributed by atoms with E-state index in [0.29, 0.717) is 17.7 Å². The molecule has 0 aliphatic heterocycles. The number of amides is 1. The highest BCUT2D eigenvalue weighted by Crippen LogP contribution is 2.17. The number of hydrogen-bond donors (Lipinski definition) is 1. The van der Waals surface area contributed by atoms with E-state index in [2.05, 4.69) is 11.4 Å². The van der Waals surface area contributed by atoms with E-state index in [1.54, 1.807) is 24.3 Å². The van der Waals surface area contributed by atoms with Crippen molar-refractivity contribution in [2.24, 2.45) is 0 Å². The van der Waals surface area contributed by atoms with Crippen LogP contribution in [-0.4, -0.2) is 18.3 Å². The summed E-state index contributed by atoms with van der Waals surface area (Å²) >= 11 is 0. The molecule has 0 bridgehead atoms. The van der Waals surface area contributed by atoms with Gasteiger partial charge < -0.3 is 10.1 Å². The third-order valence-corrected chi connectivity index (χ3v) is 3.45. The molecule has 1 amide bonds. The van der Waals surface area contributed by atoms with Gasteiger partial charge in [-0.25, -0.2) is 0 Å².